The van der Waals surface area contributed by atoms with Gasteiger partial charge in [0, 0.05) is 10.5 Å². The smallest absolute Gasteiger partial charge is 0.124 e. The van der Waals surface area contributed by atoms with E-state index >= 15 is 0 Å². The largest absolute Gasteiger partial charge is 0.316 e. The van der Waals surface area contributed by atoms with Gasteiger partial charge in [-0.3, -0.25) is 0 Å². The molecule has 0 spiro atoms. The normalized spacial score (nSPS) is 17.1. The van der Waals surface area contributed by atoms with Gasteiger partial charge in [0.05, 0.1) is 0 Å². The molecule has 0 amide bonds. The summed E-state index contributed by atoms with van der Waals surface area (Å²) in [7, 11) is 1.99. The average Bonchev–Trinajstić information content (AvgIpc) is 2.38. The van der Waals surface area contributed by atoms with Crippen molar-refractivity contribution in [2.75, 3.05) is 7.05 Å². The molecule has 3 heteroatoms. The summed E-state index contributed by atoms with van der Waals surface area (Å²) in [6, 6.07) is 5.52. The predicted molar refractivity (Wildman–Crippen MR) is 81.8 cm³/mol. The van der Waals surface area contributed by atoms with Crippen LogP contribution in [0.5, 0.6) is 0 Å². The maximum absolute atomic E-state index is 13.4. The maximum Gasteiger partial charge on any atom is 0.124 e. The van der Waals surface area contributed by atoms with E-state index in [9.17, 15) is 4.39 Å². The molecule has 0 saturated carbocycles. The maximum atomic E-state index is 13.4. The molecule has 0 aliphatic heterocycles. The number of rotatable bonds is 5. The van der Waals surface area contributed by atoms with Gasteiger partial charge in [-0.25, -0.2) is 4.39 Å². The molecule has 0 saturated heterocycles. The summed E-state index contributed by atoms with van der Waals surface area (Å²) in [5, 5.41) is 3.36. The highest BCUT2D eigenvalue weighted by atomic mass is 79.9. The van der Waals surface area contributed by atoms with Gasteiger partial charge in [0.1, 0.15) is 5.82 Å². The van der Waals surface area contributed by atoms with Crippen LogP contribution in [-0.2, 0) is 6.42 Å². The van der Waals surface area contributed by atoms with Crippen molar-refractivity contribution in [1.82, 2.24) is 5.32 Å². The number of allylic oxidation sites excluding steroid dienone is 1. The molecule has 0 radical (unpaired) electrons. The van der Waals surface area contributed by atoms with E-state index in [0.717, 1.165) is 22.9 Å². The third-order valence-corrected chi connectivity index (χ3v) is 4.16. The van der Waals surface area contributed by atoms with Crippen LogP contribution in [0.25, 0.3) is 0 Å². The molecule has 19 heavy (non-hydrogen) atoms. The Hall–Kier alpha value is -0.670. The Balaban J connectivity index is 1.99. The molecule has 1 unspecified atom stereocenters. The monoisotopic (exact) mass is 325 g/mol. The number of hydrogen-bond donors (Lipinski definition) is 1. The number of likely N-dealkylation sites (N-methyl/N-ethyl adjacent to an activating group) is 1. The molecule has 0 bridgehead atoms. The molecular weight excluding hydrogens is 305 g/mol. The van der Waals surface area contributed by atoms with Gasteiger partial charge in [-0.2, -0.15) is 0 Å². The molecular formula is C16H21BrFN. The fourth-order valence-electron chi connectivity index (χ4n) is 2.70. The van der Waals surface area contributed by atoms with Crippen molar-refractivity contribution in [2.45, 2.75) is 44.6 Å². The van der Waals surface area contributed by atoms with Crippen LogP contribution in [0.1, 0.15) is 37.7 Å². The molecule has 0 aromatic heterocycles. The summed E-state index contributed by atoms with van der Waals surface area (Å²) >= 11 is 3.35. The van der Waals surface area contributed by atoms with E-state index in [-0.39, 0.29) is 5.82 Å². The van der Waals surface area contributed by atoms with Gasteiger partial charge in [0.15, 0.2) is 0 Å². The van der Waals surface area contributed by atoms with E-state index in [1.54, 1.807) is 11.6 Å². The highest BCUT2D eigenvalue weighted by Gasteiger charge is 2.12. The topological polar surface area (TPSA) is 12.0 Å². The van der Waals surface area contributed by atoms with Gasteiger partial charge in [-0.1, -0.05) is 27.6 Å². The van der Waals surface area contributed by atoms with E-state index in [4.69, 9.17) is 0 Å². The first kappa shape index (κ1) is 14.7. The second-order valence-electron chi connectivity index (χ2n) is 5.28. The van der Waals surface area contributed by atoms with Crippen LogP contribution in [0.2, 0.25) is 0 Å². The predicted octanol–water partition coefficient (Wildman–Crippen LogP) is 4.61. The quantitative estimate of drug-likeness (QED) is 0.779. The van der Waals surface area contributed by atoms with Crippen molar-refractivity contribution in [3.8, 4) is 0 Å². The third-order valence-electron chi connectivity index (χ3n) is 3.71. The zero-order chi connectivity index (χ0) is 13.7. The van der Waals surface area contributed by atoms with Crippen molar-refractivity contribution >= 4 is 15.9 Å². The van der Waals surface area contributed by atoms with Crippen LogP contribution in [0.4, 0.5) is 4.39 Å². The van der Waals surface area contributed by atoms with Crippen molar-refractivity contribution in [2.24, 2.45) is 0 Å². The third kappa shape index (κ3) is 4.73. The lowest BCUT2D eigenvalue weighted by Crippen LogP contribution is -2.28. The summed E-state index contributed by atoms with van der Waals surface area (Å²) in [4.78, 5) is 0. The highest BCUT2D eigenvalue weighted by Crippen LogP contribution is 2.23. The van der Waals surface area contributed by atoms with E-state index < -0.39 is 0 Å². The first-order valence-electron chi connectivity index (χ1n) is 6.97. The molecule has 1 aromatic carbocycles. The molecule has 1 nitrogen and oxygen atoms in total. The molecule has 104 valence electrons. The first-order chi connectivity index (χ1) is 9.17. The number of benzene rings is 1. The van der Waals surface area contributed by atoms with Gasteiger partial charge in [0.2, 0.25) is 0 Å². The van der Waals surface area contributed by atoms with Crippen molar-refractivity contribution in [3.05, 3.63) is 45.7 Å². The summed E-state index contributed by atoms with van der Waals surface area (Å²) in [6.45, 7) is 0. The summed E-state index contributed by atoms with van der Waals surface area (Å²) in [6.07, 6.45) is 9.41. The minimum absolute atomic E-state index is 0.170. The fraction of sp³-hybridized carbons (Fsp3) is 0.500. The summed E-state index contributed by atoms with van der Waals surface area (Å²) in [5.41, 5.74) is 2.60. The Kier molecular flexibility index (Phi) is 5.59. The van der Waals surface area contributed by atoms with Crippen LogP contribution in [0.15, 0.2) is 34.3 Å². The molecule has 1 atom stereocenters. The first-order valence-corrected chi connectivity index (χ1v) is 7.77. The summed E-state index contributed by atoms with van der Waals surface area (Å²) < 4.78 is 14.2. The van der Waals surface area contributed by atoms with E-state index in [2.05, 4.69) is 27.3 Å². The molecule has 2 rings (SSSR count). The van der Waals surface area contributed by atoms with E-state index in [1.807, 2.05) is 13.1 Å². The van der Waals surface area contributed by atoms with E-state index in [1.165, 1.54) is 31.7 Å². The Morgan fingerprint density at radius 2 is 2.11 bits per heavy atom. The molecule has 1 aliphatic rings. The SMILES string of the molecule is CNC(CC1=CCCCC1)Cc1cc(F)cc(Br)c1. The van der Waals surface area contributed by atoms with Crippen LogP contribution < -0.4 is 5.32 Å². The van der Waals surface area contributed by atoms with Crippen LogP contribution >= 0.6 is 15.9 Å². The molecule has 1 aliphatic carbocycles. The Morgan fingerprint density at radius 3 is 2.74 bits per heavy atom. The molecule has 1 N–H and O–H groups in total. The molecule has 0 fully saturated rings. The summed E-state index contributed by atoms with van der Waals surface area (Å²) in [5.74, 6) is -0.170. The Bertz CT molecular complexity index is 436. The van der Waals surface area contributed by atoms with Gasteiger partial charge in [-0.05, 0) is 69.3 Å². The van der Waals surface area contributed by atoms with Crippen molar-refractivity contribution < 1.29 is 4.39 Å². The number of nitrogens with one attached hydrogen (secondary N) is 1. The van der Waals surface area contributed by atoms with Crippen LogP contribution in [0.3, 0.4) is 0 Å². The van der Waals surface area contributed by atoms with E-state index in [0.29, 0.717) is 6.04 Å². The zero-order valence-corrected chi connectivity index (χ0v) is 13.0. The minimum Gasteiger partial charge on any atom is -0.316 e. The molecule has 1 aromatic rings. The second-order valence-corrected chi connectivity index (χ2v) is 6.20. The van der Waals surface area contributed by atoms with Crippen LogP contribution in [0, 0.1) is 5.82 Å². The number of hydrogen-bond acceptors (Lipinski definition) is 1. The zero-order valence-electron chi connectivity index (χ0n) is 11.4. The minimum atomic E-state index is -0.170. The van der Waals surface area contributed by atoms with Crippen molar-refractivity contribution in [3.63, 3.8) is 0 Å². The lowest BCUT2D eigenvalue weighted by Gasteiger charge is -2.20. The van der Waals surface area contributed by atoms with Crippen molar-refractivity contribution in [1.29, 1.82) is 0 Å². The van der Waals surface area contributed by atoms with Gasteiger partial charge < -0.3 is 5.32 Å². The Morgan fingerprint density at radius 1 is 1.26 bits per heavy atom. The highest BCUT2D eigenvalue weighted by molar-refractivity contribution is 9.10. The van der Waals surface area contributed by atoms with Crippen LogP contribution in [-0.4, -0.2) is 13.1 Å². The second kappa shape index (κ2) is 7.20. The Labute approximate surface area is 123 Å². The van der Waals surface area contributed by atoms with Gasteiger partial charge >= 0.3 is 0 Å². The van der Waals surface area contributed by atoms with Gasteiger partial charge in [0.25, 0.3) is 0 Å². The standard InChI is InChI=1S/C16H21BrFN/c1-19-16(9-12-5-3-2-4-6-12)10-13-7-14(17)11-15(18)8-13/h5,7-8,11,16,19H,2-4,6,9-10H2,1H3. The lowest BCUT2D eigenvalue weighted by atomic mass is 9.92. The fourth-order valence-corrected chi connectivity index (χ4v) is 3.21. The average molecular weight is 326 g/mol. The lowest BCUT2D eigenvalue weighted by molar-refractivity contribution is 0.530. The number of halogens is 2. The van der Waals surface area contributed by atoms with Gasteiger partial charge in [-0.15, -0.1) is 0 Å². The molecule has 0 heterocycles.